The van der Waals surface area contributed by atoms with Gasteiger partial charge in [-0.05, 0) is 49.4 Å². The van der Waals surface area contributed by atoms with Crippen molar-refractivity contribution in [3.63, 3.8) is 0 Å². The number of benzene rings is 1. The highest BCUT2D eigenvalue weighted by Crippen LogP contribution is 2.34. The molecule has 1 aromatic rings. The van der Waals surface area contributed by atoms with E-state index in [4.69, 9.17) is 5.11 Å². The first-order valence-corrected chi connectivity index (χ1v) is 6.41. The van der Waals surface area contributed by atoms with Crippen LogP contribution in [0.15, 0.2) is 24.3 Å². The first kappa shape index (κ1) is 12.5. The van der Waals surface area contributed by atoms with Crippen molar-refractivity contribution in [1.29, 1.82) is 0 Å². The number of nitrogens with one attached hydrogen (secondary N) is 1. The second-order valence-corrected chi connectivity index (χ2v) is 4.73. The lowest BCUT2D eigenvalue weighted by atomic mass is 9.94. The van der Waals surface area contributed by atoms with Crippen LogP contribution >= 0.6 is 0 Å². The van der Waals surface area contributed by atoms with Gasteiger partial charge in [0.1, 0.15) is 5.82 Å². The molecule has 0 saturated heterocycles. The van der Waals surface area contributed by atoms with Gasteiger partial charge in [-0.15, -0.1) is 0 Å². The molecule has 2 nitrogen and oxygen atoms in total. The molecule has 0 radical (unpaired) electrons. The summed E-state index contributed by atoms with van der Waals surface area (Å²) in [5.41, 5.74) is 1.23. The lowest BCUT2D eigenvalue weighted by Crippen LogP contribution is -2.32. The molecule has 2 N–H and O–H groups in total. The average molecular weight is 237 g/mol. The Kier molecular flexibility index (Phi) is 4.51. The largest absolute Gasteiger partial charge is 0.396 e. The molecule has 2 rings (SSSR count). The van der Waals surface area contributed by atoms with Crippen molar-refractivity contribution in [3.8, 4) is 0 Å². The van der Waals surface area contributed by atoms with Gasteiger partial charge in [0.05, 0.1) is 0 Å². The Balaban J connectivity index is 1.96. The van der Waals surface area contributed by atoms with Crippen molar-refractivity contribution in [2.24, 2.45) is 0 Å². The molecular weight excluding hydrogens is 217 g/mol. The minimum atomic E-state index is -0.170. The van der Waals surface area contributed by atoms with Crippen molar-refractivity contribution >= 4 is 0 Å². The normalized spacial score (nSPS) is 24.1. The lowest BCUT2D eigenvalue weighted by molar-refractivity contribution is 0.282. The van der Waals surface area contributed by atoms with Crippen molar-refractivity contribution in [2.75, 3.05) is 13.2 Å². The zero-order valence-corrected chi connectivity index (χ0v) is 10.0. The van der Waals surface area contributed by atoms with Crippen molar-refractivity contribution in [1.82, 2.24) is 5.32 Å². The summed E-state index contributed by atoms with van der Waals surface area (Å²) in [4.78, 5) is 0. The molecule has 1 aliphatic carbocycles. The molecule has 0 heterocycles. The van der Waals surface area contributed by atoms with E-state index in [1.165, 1.54) is 24.8 Å². The third kappa shape index (κ3) is 3.27. The number of aliphatic hydroxyl groups excluding tert-OH is 1. The molecule has 94 valence electrons. The summed E-state index contributed by atoms with van der Waals surface area (Å²) in [6.45, 7) is 1.10. The quantitative estimate of drug-likeness (QED) is 0.771. The molecule has 1 saturated carbocycles. The van der Waals surface area contributed by atoms with Crippen LogP contribution in [0, 0.1) is 5.82 Å². The van der Waals surface area contributed by atoms with Gasteiger partial charge in [0, 0.05) is 12.6 Å². The summed E-state index contributed by atoms with van der Waals surface area (Å²) in [5.74, 6) is 0.325. The summed E-state index contributed by atoms with van der Waals surface area (Å²) in [6.07, 6.45) is 4.36. The Morgan fingerprint density at radius 1 is 1.24 bits per heavy atom. The van der Waals surface area contributed by atoms with Crippen LogP contribution in [-0.4, -0.2) is 24.3 Å². The standard InChI is InChI=1S/C14H20FNO/c15-12-7-5-11(6-8-12)13-3-1-4-14(13)16-9-2-10-17/h5-8,13-14,16-17H,1-4,9-10H2. The summed E-state index contributed by atoms with van der Waals surface area (Å²) < 4.78 is 12.9. The molecule has 1 fully saturated rings. The van der Waals surface area contributed by atoms with Crippen molar-refractivity contribution in [3.05, 3.63) is 35.6 Å². The molecule has 0 aromatic heterocycles. The van der Waals surface area contributed by atoms with E-state index in [1.807, 2.05) is 12.1 Å². The average Bonchev–Trinajstić information content (AvgIpc) is 2.79. The zero-order valence-electron chi connectivity index (χ0n) is 10.0. The maximum Gasteiger partial charge on any atom is 0.123 e. The van der Waals surface area contributed by atoms with Crippen LogP contribution in [0.5, 0.6) is 0 Å². The van der Waals surface area contributed by atoms with Crippen LogP contribution in [0.2, 0.25) is 0 Å². The van der Waals surface area contributed by atoms with Crippen LogP contribution in [0.1, 0.15) is 37.2 Å². The number of halogens is 1. The third-order valence-corrected chi connectivity index (χ3v) is 3.56. The fraction of sp³-hybridized carbons (Fsp3) is 0.571. The molecule has 2 unspecified atom stereocenters. The highest BCUT2D eigenvalue weighted by Gasteiger charge is 2.27. The minimum absolute atomic E-state index is 0.170. The summed E-state index contributed by atoms with van der Waals surface area (Å²) >= 11 is 0. The third-order valence-electron chi connectivity index (χ3n) is 3.56. The van der Waals surface area contributed by atoms with Crippen LogP contribution in [0.3, 0.4) is 0 Å². The maximum atomic E-state index is 12.9. The van der Waals surface area contributed by atoms with Crippen LogP contribution < -0.4 is 5.32 Å². The molecule has 2 atom stereocenters. The highest BCUT2D eigenvalue weighted by atomic mass is 19.1. The molecule has 0 bridgehead atoms. The van der Waals surface area contributed by atoms with E-state index in [0.29, 0.717) is 12.0 Å². The van der Waals surface area contributed by atoms with Crippen LogP contribution in [0.25, 0.3) is 0 Å². The fourth-order valence-corrected chi connectivity index (χ4v) is 2.68. The van der Waals surface area contributed by atoms with Gasteiger partial charge in [0.2, 0.25) is 0 Å². The second-order valence-electron chi connectivity index (χ2n) is 4.73. The van der Waals surface area contributed by atoms with E-state index >= 15 is 0 Å². The Morgan fingerprint density at radius 3 is 2.71 bits per heavy atom. The predicted molar refractivity (Wildman–Crippen MR) is 66.5 cm³/mol. The number of rotatable bonds is 5. The van der Waals surface area contributed by atoms with Gasteiger partial charge in [0.25, 0.3) is 0 Å². The zero-order chi connectivity index (χ0) is 12.1. The second kappa shape index (κ2) is 6.12. The summed E-state index contributed by atoms with van der Waals surface area (Å²) in [7, 11) is 0. The van der Waals surface area contributed by atoms with E-state index in [1.54, 1.807) is 12.1 Å². The molecule has 0 spiro atoms. The maximum absolute atomic E-state index is 12.9. The number of aliphatic hydroxyl groups is 1. The molecule has 1 aromatic carbocycles. The number of hydrogen-bond acceptors (Lipinski definition) is 2. The first-order valence-electron chi connectivity index (χ1n) is 6.41. The van der Waals surface area contributed by atoms with Gasteiger partial charge in [0.15, 0.2) is 0 Å². The van der Waals surface area contributed by atoms with Gasteiger partial charge >= 0.3 is 0 Å². The molecule has 1 aliphatic rings. The van der Waals surface area contributed by atoms with Gasteiger partial charge in [-0.25, -0.2) is 4.39 Å². The van der Waals surface area contributed by atoms with E-state index in [9.17, 15) is 4.39 Å². The van der Waals surface area contributed by atoms with E-state index < -0.39 is 0 Å². The van der Waals surface area contributed by atoms with Crippen molar-refractivity contribution < 1.29 is 9.50 Å². The van der Waals surface area contributed by atoms with Gasteiger partial charge in [-0.3, -0.25) is 0 Å². The van der Waals surface area contributed by atoms with Gasteiger partial charge in [-0.1, -0.05) is 18.6 Å². The molecule has 0 aliphatic heterocycles. The Bertz CT molecular complexity index is 339. The molecule has 0 amide bonds. The lowest BCUT2D eigenvalue weighted by Gasteiger charge is -2.21. The van der Waals surface area contributed by atoms with E-state index in [2.05, 4.69) is 5.32 Å². The predicted octanol–water partition coefficient (Wildman–Crippen LogP) is 2.43. The Hall–Kier alpha value is -0.930. The van der Waals surface area contributed by atoms with Crippen LogP contribution in [-0.2, 0) is 0 Å². The highest BCUT2D eigenvalue weighted by molar-refractivity contribution is 5.23. The van der Waals surface area contributed by atoms with E-state index in [0.717, 1.165) is 13.0 Å². The number of hydrogen-bond donors (Lipinski definition) is 2. The topological polar surface area (TPSA) is 32.3 Å². The fourth-order valence-electron chi connectivity index (χ4n) is 2.68. The minimum Gasteiger partial charge on any atom is -0.396 e. The van der Waals surface area contributed by atoms with Gasteiger partial charge < -0.3 is 10.4 Å². The van der Waals surface area contributed by atoms with Crippen LogP contribution in [0.4, 0.5) is 4.39 Å². The Morgan fingerprint density at radius 2 is 2.00 bits per heavy atom. The first-order chi connectivity index (χ1) is 8.31. The monoisotopic (exact) mass is 237 g/mol. The molecule has 17 heavy (non-hydrogen) atoms. The molecule has 3 heteroatoms. The molecular formula is C14H20FNO. The van der Waals surface area contributed by atoms with Gasteiger partial charge in [-0.2, -0.15) is 0 Å². The SMILES string of the molecule is OCCCNC1CCCC1c1ccc(F)cc1. The summed E-state index contributed by atoms with van der Waals surface area (Å²) in [6, 6.07) is 7.35. The summed E-state index contributed by atoms with van der Waals surface area (Å²) in [5, 5.41) is 12.3. The van der Waals surface area contributed by atoms with Crippen molar-refractivity contribution in [2.45, 2.75) is 37.6 Å². The van der Waals surface area contributed by atoms with E-state index in [-0.39, 0.29) is 12.4 Å². The Labute approximate surface area is 102 Å². The smallest absolute Gasteiger partial charge is 0.123 e.